The fourth-order valence-electron chi connectivity index (χ4n) is 1.10. The molecule has 0 bridgehead atoms. The van der Waals surface area contributed by atoms with Gasteiger partial charge in [-0.1, -0.05) is 0 Å². The predicted molar refractivity (Wildman–Crippen MR) is 48.2 cm³/mol. The number of carbonyl (C=O) groups is 1. The molecule has 5 heteroatoms. The molecule has 1 amide bonds. The van der Waals surface area contributed by atoms with Gasteiger partial charge >= 0.3 is 0 Å². The van der Waals surface area contributed by atoms with Gasteiger partial charge in [-0.15, -0.1) is 0 Å². The van der Waals surface area contributed by atoms with Crippen molar-refractivity contribution in [2.24, 2.45) is 0 Å². The Morgan fingerprint density at radius 2 is 2.38 bits per heavy atom. The maximum Gasteiger partial charge on any atom is 0.221 e. The van der Waals surface area contributed by atoms with E-state index in [9.17, 15) is 4.79 Å². The van der Waals surface area contributed by atoms with E-state index in [0.29, 0.717) is 11.3 Å². The van der Waals surface area contributed by atoms with Crippen molar-refractivity contribution in [1.82, 2.24) is 15.0 Å². The lowest BCUT2D eigenvalue weighted by atomic mass is 10.4. The summed E-state index contributed by atoms with van der Waals surface area (Å²) in [4.78, 5) is 21.6. The molecule has 0 aliphatic carbocycles. The lowest BCUT2D eigenvalue weighted by Gasteiger charge is -1.99. The van der Waals surface area contributed by atoms with Crippen LogP contribution in [0.3, 0.4) is 0 Å². The number of aromatic amines is 1. The summed E-state index contributed by atoms with van der Waals surface area (Å²) in [5.74, 6) is -0.110. The van der Waals surface area contributed by atoms with Gasteiger partial charge < -0.3 is 10.3 Å². The second-order valence-corrected chi connectivity index (χ2v) is 2.68. The highest BCUT2D eigenvalue weighted by molar-refractivity contribution is 5.90. The number of rotatable bonds is 1. The van der Waals surface area contributed by atoms with Crippen LogP contribution < -0.4 is 5.32 Å². The van der Waals surface area contributed by atoms with Crippen LogP contribution in [0.5, 0.6) is 0 Å². The highest BCUT2D eigenvalue weighted by Crippen LogP contribution is 2.11. The van der Waals surface area contributed by atoms with Crippen molar-refractivity contribution in [2.45, 2.75) is 6.92 Å². The lowest BCUT2D eigenvalue weighted by molar-refractivity contribution is -0.114. The number of aromatic nitrogens is 3. The minimum absolute atomic E-state index is 0.110. The van der Waals surface area contributed by atoms with Crippen LogP contribution in [-0.4, -0.2) is 20.9 Å². The van der Waals surface area contributed by atoms with Gasteiger partial charge in [0.2, 0.25) is 5.91 Å². The SMILES string of the molecule is CC(=O)Nc1cnc2nc[nH]c2c1. The van der Waals surface area contributed by atoms with Crippen LogP contribution in [0.25, 0.3) is 11.2 Å². The van der Waals surface area contributed by atoms with Gasteiger partial charge in [0.25, 0.3) is 0 Å². The quantitative estimate of drug-likeness (QED) is 0.678. The number of nitrogens with one attached hydrogen (secondary N) is 2. The van der Waals surface area contributed by atoms with Crippen LogP contribution in [0.4, 0.5) is 5.69 Å². The van der Waals surface area contributed by atoms with Gasteiger partial charge in [0, 0.05) is 6.92 Å². The first kappa shape index (κ1) is 7.72. The summed E-state index contributed by atoms with van der Waals surface area (Å²) in [7, 11) is 0. The van der Waals surface area contributed by atoms with Crippen molar-refractivity contribution in [3.05, 3.63) is 18.6 Å². The standard InChI is InChI=1S/C8H8N4O/c1-5(13)12-6-2-7-8(9-3-6)11-4-10-7/h2-4H,1H3,(H,12,13)(H,9,10,11). The minimum atomic E-state index is -0.110. The summed E-state index contributed by atoms with van der Waals surface area (Å²) in [6.45, 7) is 1.46. The molecular weight excluding hydrogens is 168 g/mol. The first-order valence-electron chi connectivity index (χ1n) is 3.82. The molecule has 0 aromatic carbocycles. The summed E-state index contributed by atoms with van der Waals surface area (Å²) in [5, 5.41) is 2.64. The van der Waals surface area contributed by atoms with Gasteiger partial charge in [-0.2, -0.15) is 0 Å². The summed E-state index contributed by atoms with van der Waals surface area (Å²) in [6.07, 6.45) is 3.14. The highest BCUT2D eigenvalue weighted by Gasteiger charge is 1.99. The Bertz CT molecular complexity index is 448. The van der Waals surface area contributed by atoms with E-state index in [1.165, 1.54) is 6.92 Å². The molecule has 0 spiro atoms. The fraction of sp³-hybridized carbons (Fsp3) is 0.125. The third kappa shape index (κ3) is 1.48. The first-order valence-corrected chi connectivity index (χ1v) is 3.82. The molecule has 66 valence electrons. The normalized spacial score (nSPS) is 10.2. The van der Waals surface area contributed by atoms with Gasteiger partial charge in [-0.25, -0.2) is 9.97 Å². The van der Waals surface area contributed by atoms with E-state index in [1.54, 1.807) is 18.6 Å². The van der Waals surface area contributed by atoms with Gasteiger partial charge in [0.15, 0.2) is 5.65 Å². The van der Waals surface area contributed by atoms with Gasteiger partial charge in [-0.05, 0) is 6.07 Å². The lowest BCUT2D eigenvalue weighted by Crippen LogP contribution is -2.05. The van der Waals surface area contributed by atoms with E-state index in [-0.39, 0.29) is 5.91 Å². The number of pyridine rings is 1. The second-order valence-electron chi connectivity index (χ2n) is 2.68. The molecule has 0 saturated heterocycles. The molecule has 0 unspecified atom stereocenters. The van der Waals surface area contributed by atoms with Crippen molar-refractivity contribution in [3.8, 4) is 0 Å². The van der Waals surface area contributed by atoms with E-state index < -0.39 is 0 Å². The minimum Gasteiger partial charge on any atom is -0.343 e. The summed E-state index contributed by atoms with van der Waals surface area (Å²) in [6, 6.07) is 1.79. The number of carbonyl (C=O) groups excluding carboxylic acids is 1. The molecule has 0 radical (unpaired) electrons. The number of imidazole rings is 1. The van der Waals surface area contributed by atoms with E-state index in [2.05, 4.69) is 20.3 Å². The molecule has 0 aliphatic heterocycles. The number of nitrogens with zero attached hydrogens (tertiary/aromatic N) is 2. The summed E-state index contributed by atoms with van der Waals surface area (Å²) < 4.78 is 0. The molecule has 13 heavy (non-hydrogen) atoms. The molecule has 0 atom stereocenters. The van der Waals surface area contributed by atoms with Crippen LogP contribution >= 0.6 is 0 Å². The summed E-state index contributed by atoms with van der Waals surface area (Å²) >= 11 is 0. The molecular formula is C8H8N4O. The highest BCUT2D eigenvalue weighted by atomic mass is 16.1. The largest absolute Gasteiger partial charge is 0.343 e. The van der Waals surface area contributed by atoms with Crippen molar-refractivity contribution in [2.75, 3.05) is 5.32 Å². The Labute approximate surface area is 74.2 Å². The van der Waals surface area contributed by atoms with Crippen molar-refractivity contribution in [1.29, 1.82) is 0 Å². The first-order chi connectivity index (χ1) is 6.25. The van der Waals surface area contributed by atoms with Gasteiger partial charge in [0.1, 0.15) is 0 Å². The van der Waals surface area contributed by atoms with Crippen LogP contribution in [0.15, 0.2) is 18.6 Å². The molecule has 5 nitrogen and oxygen atoms in total. The maximum absolute atomic E-state index is 10.7. The van der Waals surface area contributed by atoms with Crippen LogP contribution in [0.2, 0.25) is 0 Å². The number of H-pyrrole nitrogens is 1. The predicted octanol–water partition coefficient (Wildman–Crippen LogP) is 0.916. The summed E-state index contributed by atoms with van der Waals surface area (Å²) in [5.41, 5.74) is 2.13. The van der Waals surface area contributed by atoms with Crippen molar-refractivity contribution >= 4 is 22.8 Å². The monoisotopic (exact) mass is 176 g/mol. The molecule has 2 heterocycles. The van der Waals surface area contributed by atoms with E-state index >= 15 is 0 Å². The Balaban J connectivity index is 2.42. The average Bonchev–Trinajstić information content (AvgIpc) is 2.49. The van der Waals surface area contributed by atoms with E-state index in [1.807, 2.05) is 0 Å². The molecule has 0 fully saturated rings. The van der Waals surface area contributed by atoms with Gasteiger partial charge in [-0.3, -0.25) is 4.79 Å². The molecule has 0 aliphatic rings. The average molecular weight is 176 g/mol. The van der Waals surface area contributed by atoms with Crippen LogP contribution in [0.1, 0.15) is 6.92 Å². The van der Waals surface area contributed by atoms with Gasteiger partial charge in [0.05, 0.1) is 23.7 Å². The second kappa shape index (κ2) is 2.85. The van der Waals surface area contributed by atoms with Crippen LogP contribution in [-0.2, 0) is 4.79 Å². The zero-order chi connectivity index (χ0) is 9.26. The third-order valence-corrected chi connectivity index (χ3v) is 1.59. The smallest absolute Gasteiger partial charge is 0.221 e. The zero-order valence-electron chi connectivity index (χ0n) is 7.03. The zero-order valence-corrected chi connectivity index (χ0v) is 7.03. The maximum atomic E-state index is 10.7. The Morgan fingerprint density at radius 3 is 3.15 bits per heavy atom. The Morgan fingerprint density at radius 1 is 1.54 bits per heavy atom. The third-order valence-electron chi connectivity index (χ3n) is 1.59. The number of hydrogen-bond donors (Lipinski definition) is 2. The number of anilines is 1. The van der Waals surface area contributed by atoms with E-state index in [0.717, 1.165) is 5.52 Å². The van der Waals surface area contributed by atoms with Crippen molar-refractivity contribution in [3.63, 3.8) is 0 Å². The molecule has 2 aromatic rings. The number of amides is 1. The molecule has 0 saturated carbocycles. The van der Waals surface area contributed by atoms with Crippen LogP contribution in [0, 0.1) is 0 Å². The molecule has 2 aromatic heterocycles. The Hall–Kier alpha value is -1.91. The Kier molecular flexibility index (Phi) is 1.70. The number of hydrogen-bond acceptors (Lipinski definition) is 3. The molecule has 2 N–H and O–H groups in total. The topological polar surface area (TPSA) is 70.7 Å². The number of fused-ring (bicyclic) bond motifs is 1. The fourth-order valence-corrected chi connectivity index (χ4v) is 1.10. The van der Waals surface area contributed by atoms with Crippen molar-refractivity contribution < 1.29 is 4.79 Å². The van der Waals surface area contributed by atoms with E-state index in [4.69, 9.17) is 0 Å². The molecule has 2 rings (SSSR count).